The molecule has 3 aromatic rings. The number of hydrogen-bond acceptors (Lipinski definition) is 2. The van der Waals surface area contributed by atoms with Gasteiger partial charge in [-0.05, 0) is 48.4 Å². The molecule has 1 aromatic heterocycles. The minimum Gasteiger partial charge on any atom is -0.328 e. The molecular formula is C19H16BrN3O. The number of imidazole rings is 1. The number of carbonyl (C=O) groups is 1. The average molecular weight is 382 g/mol. The van der Waals surface area contributed by atoms with E-state index in [-0.39, 0.29) is 5.91 Å². The van der Waals surface area contributed by atoms with Gasteiger partial charge in [0.2, 0.25) is 0 Å². The zero-order chi connectivity index (χ0) is 16.5. The largest absolute Gasteiger partial charge is 0.328 e. The van der Waals surface area contributed by atoms with Crippen LogP contribution in [0.25, 0.3) is 11.3 Å². The van der Waals surface area contributed by atoms with Crippen LogP contribution in [-0.2, 0) is 13.0 Å². The Hall–Kier alpha value is -2.40. The quantitative estimate of drug-likeness (QED) is 0.725. The molecule has 0 saturated heterocycles. The highest BCUT2D eigenvalue weighted by atomic mass is 79.9. The van der Waals surface area contributed by atoms with Gasteiger partial charge in [0.15, 0.2) is 0 Å². The van der Waals surface area contributed by atoms with Crippen LogP contribution < -0.4 is 5.32 Å². The van der Waals surface area contributed by atoms with Gasteiger partial charge in [-0.3, -0.25) is 4.79 Å². The first kappa shape index (κ1) is 15.1. The number of aromatic nitrogens is 2. The van der Waals surface area contributed by atoms with E-state index in [9.17, 15) is 4.79 Å². The second kappa shape index (κ2) is 6.24. The van der Waals surface area contributed by atoms with Gasteiger partial charge in [0.05, 0.1) is 11.9 Å². The van der Waals surface area contributed by atoms with E-state index in [1.165, 1.54) is 0 Å². The zero-order valence-electron chi connectivity index (χ0n) is 13.0. The summed E-state index contributed by atoms with van der Waals surface area (Å²) in [4.78, 5) is 16.7. The van der Waals surface area contributed by atoms with Crippen molar-refractivity contribution in [3.8, 4) is 11.3 Å². The lowest BCUT2D eigenvalue weighted by molar-refractivity contribution is 0.102. The van der Waals surface area contributed by atoms with E-state index in [2.05, 4.69) is 30.8 Å². The molecule has 1 N–H and O–H groups in total. The summed E-state index contributed by atoms with van der Waals surface area (Å²) < 4.78 is 3.23. The van der Waals surface area contributed by atoms with E-state index in [0.29, 0.717) is 5.56 Å². The SMILES string of the molecule is O=C(Nc1ccc(-c2cnc3n2CCC3)cc1)c1ccc(Br)cc1. The Bertz CT molecular complexity index is 882. The number of aryl methyl sites for hydroxylation is 1. The number of halogens is 1. The summed E-state index contributed by atoms with van der Waals surface area (Å²) in [6, 6.07) is 15.2. The summed E-state index contributed by atoms with van der Waals surface area (Å²) in [5, 5.41) is 2.93. The summed E-state index contributed by atoms with van der Waals surface area (Å²) in [6.45, 7) is 1.03. The van der Waals surface area contributed by atoms with Crippen molar-refractivity contribution in [3.63, 3.8) is 0 Å². The Kier molecular flexibility index (Phi) is 3.94. The fraction of sp³-hybridized carbons (Fsp3) is 0.158. The predicted octanol–water partition coefficient (Wildman–Crippen LogP) is 4.51. The van der Waals surface area contributed by atoms with Gasteiger partial charge >= 0.3 is 0 Å². The topological polar surface area (TPSA) is 46.9 Å². The number of benzene rings is 2. The molecule has 24 heavy (non-hydrogen) atoms. The predicted molar refractivity (Wildman–Crippen MR) is 98.1 cm³/mol. The second-order valence-electron chi connectivity index (χ2n) is 5.85. The van der Waals surface area contributed by atoms with Crippen molar-refractivity contribution >= 4 is 27.5 Å². The molecule has 2 heterocycles. The van der Waals surface area contributed by atoms with Crippen LogP contribution in [-0.4, -0.2) is 15.5 Å². The van der Waals surface area contributed by atoms with Crippen LogP contribution >= 0.6 is 15.9 Å². The number of fused-ring (bicyclic) bond motifs is 1. The molecule has 1 aliphatic rings. The van der Waals surface area contributed by atoms with Gasteiger partial charge in [-0.1, -0.05) is 28.1 Å². The zero-order valence-corrected chi connectivity index (χ0v) is 14.6. The Morgan fingerprint density at radius 1 is 1.08 bits per heavy atom. The molecule has 0 fully saturated rings. The van der Waals surface area contributed by atoms with Gasteiger partial charge in [-0.15, -0.1) is 0 Å². The molecule has 0 saturated carbocycles. The van der Waals surface area contributed by atoms with Crippen molar-refractivity contribution < 1.29 is 4.79 Å². The molecule has 0 bridgehead atoms. The lowest BCUT2D eigenvalue weighted by atomic mass is 10.1. The normalized spacial score (nSPS) is 12.9. The summed E-state index contributed by atoms with van der Waals surface area (Å²) in [5.74, 6) is 1.05. The Morgan fingerprint density at radius 2 is 1.83 bits per heavy atom. The van der Waals surface area contributed by atoms with Crippen LogP contribution in [0.3, 0.4) is 0 Å². The van der Waals surface area contributed by atoms with Gasteiger partial charge in [0.1, 0.15) is 5.82 Å². The fourth-order valence-electron chi connectivity index (χ4n) is 3.02. The van der Waals surface area contributed by atoms with Crippen molar-refractivity contribution in [2.45, 2.75) is 19.4 Å². The molecule has 0 aliphatic carbocycles. The minimum absolute atomic E-state index is 0.111. The van der Waals surface area contributed by atoms with Gasteiger partial charge in [0, 0.05) is 28.7 Å². The molecule has 0 spiro atoms. The number of rotatable bonds is 3. The summed E-state index contributed by atoms with van der Waals surface area (Å²) in [7, 11) is 0. The maximum absolute atomic E-state index is 12.3. The highest BCUT2D eigenvalue weighted by Gasteiger charge is 2.16. The van der Waals surface area contributed by atoms with Crippen molar-refractivity contribution in [2.75, 3.05) is 5.32 Å². The molecule has 4 rings (SSSR count). The molecule has 0 atom stereocenters. The van der Waals surface area contributed by atoms with Crippen LogP contribution in [0, 0.1) is 0 Å². The van der Waals surface area contributed by atoms with E-state index < -0.39 is 0 Å². The third-order valence-electron chi connectivity index (χ3n) is 4.27. The molecule has 4 nitrogen and oxygen atoms in total. The molecular weight excluding hydrogens is 366 g/mol. The third-order valence-corrected chi connectivity index (χ3v) is 4.79. The number of carbonyl (C=O) groups excluding carboxylic acids is 1. The smallest absolute Gasteiger partial charge is 0.255 e. The van der Waals surface area contributed by atoms with Gasteiger partial charge in [-0.25, -0.2) is 4.98 Å². The van der Waals surface area contributed by atoms with Crippen LogP contribution in [0.2, 0.25) is 0 Å². The molecule has 2 aromatic carbocycles. The number of amides is 1. The Labute approximate surface area is 148 Å². The monoisotopic (exact) mass is 381 g/mol. The number of nitrogens with one attached hydrogen (secondary N) is 1. The summed E-state index contributed by atoms with van der Waals surface area (Å²) >= 11 is 3.37. The minimum atomic E-state index is -0.111. The van der Waals surface area contributed by atoms with Crippen molar-refractivity contribution in [1.29, 1.82) is 0 Å². The van der Waals surface area contributed by atoms with E-state index in [0.717, 1.165) is 46.6 Å². The highest BCUT2D eigenvalue weighted by Crippen LogP contribution is 2.26. The number of nitrogens with zero attached hydrogens (tertiary/aromatic N) is 2. The molecule has 1 amide bonds. The number of hydrogen-bond donors (Lipinski definition) is 1. The molecule has 120 valence electrons. The third kappa shape index (κ3) is 2.87. The average Bonchev–Trinajstić information content (AvgIpc) is 3.20. The van der Waals surface area contributed by atoms with Crippen LogP contribution in [0.1, 0.15) is 22.6 Å². The van der Waals surface area contributed by atoms with Gasteiger partial charge in [0.25, 0.3) is 5.91 Å². The summed E-state index contributed by atoms with van der Waals surface area (Å²) in [5.41, 5.74) is 3.69. The first-order valence-electron chi connectivity index (χ1n) is 7.92. The highest BCUT2D eigenvalue weighted by molar-refractivity contribution is 9.10. The van der Waals surface area contributed by atoms with Crippen LogP contribution in [0.15, 0.2) is 59.2 Å². The van der Waals surface area contributed by atoms with Crippen molar-refractivity contribution in [3.05, 3.63) is 70.6 Å². The summed E-state index contributed by atoms with van der Waals surface area (Å²) in [6.07, 6.45) is 4.16. The van der Waals surface area contributed by atoms with Gasteiger partial charge < -0.3 is 9.88 Å². The maximum Gasteiger partial charge on any atom is 0.255 e. The Balaban J connectivity index is 1.51. The fourth-order valence-corrected chi connectivity index (χ4v) is 3.28. The standard InChI is InChI=1S/C19H16BrN3O/c20-15-7-3-14(4-8-15)19(24)22-16-9-5-13(6-10-16)17-12-21-18-2-1-11-23(17)18/h3-10,12H,1-2,11H2,(H,22,24). The maximum atomic E-state index is 12.3. The van der Waals surface area contributed by atoms with E-state index >= 15 is 0 Å². The first-order chi connectivity index (χ1) is 11.7. The number of anilines is 1. The molecule has 0 radical (unpaired) electrons. The molecule has 0 unspecified atom stereocenters. The lowest BCUT2D eigenvalue weighted by Gasteiger charge is -2.08. The van der Waals surface area contributed by atoms with Gasteiger partial charge in [-0.2, -0.15) is 0 Å². The van der Waals surface area contributed by atoms with E-state index in [4.69, 9.17) is 0 Å². The van der Waals surface area contributed by atoms with Crippen LogP contribution in [0.4, 0.5) is 5.69 Å². The molecule has 1 aliphatic heterocycles. The first-order valence-corrected chi connectivity index (χ1v) is 8.72. The van der Waals surface area contributed by atoms with Crippen LogP contribution in [0.5, 0.6) is 0 Å². The van der Waals surface area contributed by atoms with Crippen molar-refractivity contribution in [1.82, 2.24) is 9.55 Å². The Morgan fingerprint density at radius 3 is 2.58 bits per heavy atom. The van der Waals surface area contributed by atoms with Crippen molar-refractivity contribution in [2.24, 2.45) is 0 Å². The molecule has 5 heteroatoms. The lowest BCUT2D eigenvalue weighted by Crippen LogP contribution is -2.11. The van der Waals surface area contributed by atoms with E-state index in [1.807, 2.05) is 42.6 Å². The second-order valence-corrected chi connectivity index (χ2v) is 6.77. The van der Waals surface area contributed by atoms with E-state index in [1.54, 1.807) is 12.1 Å².